The fourth-order valence-corrected chi connectivity index (χ4v) is 3.13. The van der Waals surface area contributed by atoms with Crippen LogP contribution in [-0.4, -0.2) is 33.5 Å². The molecule has 0 spiro atoms. The van der Waals surface area contributed by atoms with E-state index in [0.717, 1.165) is 29.7 Å². The lowest BCUT2D eigenvalue weighted by Crippen LogP contribution is -2.37. The van der Waals surface area contributed by atoms with Gasteiger partial charge in [-0.05, 0) is 30.5 Å². The topological polar surface area (TPSA) is 78.1 Å². The van der Waals surface area contributed by atoms with Crippen LogP contribution in [0.3, 0.4) is 0 Å². The zero-order valence-electron chi connectivity index (χ0n) is 13.7. The number of hydrogen-bond donors (Lipinski definition) is 2. The Hall–Kier alpha value is -2.70. The largest absolute Gasteiger partial charge is 0.347 e. The molecule has 25 heavy (non-hydrogen) atoms. The highest BCUT2D eigenvalue weighted by molar-refractivity contribution is 5.94. The molecule has 1 aliphatic heterocycles. The molecular weight excluding hydrogens is 323 g/mol. The molecule has 2 heterocycles. The van der Waals surface area contributed by atoms with Crippen LogP contribution in [0.4, 0.5) is 4.39 Å². The van der Waals surface area contributed by atoms with Crippen molar-refractivity contribution in [2.24, 2.45) is 5.92 Å². The molecule has 2 aliphatic rings. The van der Waals surface area contributed by atoms with E-state index in [2.05, 4.69) is 15.5 Å². The minimum Gasteiger partial charge on any atom is -0.347 e. The summed E-state index contributed by atoms with van der Waals surface area (Å²) in [4.78, 5) is 26.6. The van der Waals surface area contributed by atoms with Crippen LogP contribution in [-0.2, 0) is 24.3 Å². The molecule has 0 unspecified atom stereocenters. The Balaban J connectivity index is 1.44. The second-order valence-electron chi connectivity index (χ2n) is 6.62. The van der Waals surface area contributed by atoms with Gasteiger partial charge in [-0.25, -0.2) is 4.39 Å². The molecule has 0 bridgehead atoms. The van der Waals surface area contributed by atoms with Crippen molar-refractivity contribution in [3.05, 3.63) is 52.6 Å². The zero-order valence-corrected chi connectivity index (χ0v) is 13.7. The van der Waals surface area contributed by atoms with Gasteiger partial charge in [0.2, 0.25) is 5.91 Å². The van der Waals surface area contributed by atoms with Gasteiger partial charge >= 0.3 is 0 Å². The van der Waals surface area contributed by atoms with Crippen LogP contribution >= 0.6 is 0 Å². The molecule has 7 heteroatoms. The van der Waals surface area contributed by atoms with E-state index in [-0.39, 0.29) is 23.5 Å². The summed E-state index contributed by atoms with van der Waals surface area (Å²) in [5, 5.41) is 9.86. The van der Waals surface area contributed by atoms with Gasteiger partial charge < -0.3 is 10.2 Å². The molecule has 4 rings (SSSR count). The third-order valence-corrected chi connectivity index (χ3v) is 4.75. The average molecular weight is 342 g/mol. The zero-order chi connectivity index (χ0) is 17.4. The summed E-state index contributed by atoms with van der Waals surface area (Å²) in [7, 11) is 0. The Morgan fingerprint density at radius 3 is 2.76 bits per heavy atom. The Labute approximate surface area is 144 Å². The minimum atomic E-state index is -0.308. The molecule has 2 aromatic rings. The third-order valence-electron chi connectivity index (χ3n) is 4.75. The van der Waals surface area contributed by atoms with Gasteiger partial charge in [0.1, 0.15) is 5.82 Å². The predicted octanol–water partition coefficient (Wildman–Crippen LogP) is 1.77. The van der Waals surface area contributed by atoms with Crippen molar-refractivity contribution >= 4 is 11.8 Å². The summed E-state index contributed by atoms with van der Waals surface area (Å²) in [5.41, 5.74) is 2.87. The molecule has 1 saturated carbocycles. The van der Waals surface area contributed by atoms with Gasteiger partial charge in [-0.2, -0.15) is 5.10 Å². The molecular formula is C18H19FN4O2. The molecule has 0 saturated heterocycles. The standard InChI is InChI=1S/C18H19FN4O2/c19-13-5-1-11(2-6-13)9-20-17(24)16-14-10-23(18(25)12-3-4-12)8-7-15(14)21-22-16/h1-2,5-6,12H,3-4,7-10H2,(H,20,24)(H,21,22). The molecule has 2 N–H and O–H groups in total. The summed E-state index contributed by atoms with van der Waals surface area (Å²) in [6, 6.07) is 5.98. The number of nitrogens with one attached hydrogen (secondary N) is 2. The van der Waals surface area contributed by atoms with Crippen LogP contribution in [0.25, 0.3) is 0 Å². The van der Waals surface area contributed by atoms with Crippen molar-refractivity contribution in [1.82, 2.24) is 20.4 Å². The van der Waals surface area contributed by atoms with Crippen LogP contribution in [0, 0.1) is 11.7 Å². The maximum absolute atomic E-state index is 12.9. The Bertz CT molecular complexity index is 811. The molecule has 1 aromatic heterocycles. The molecule has 0 radical (unpaired) electrons. The van der Waals surface area contributed by atoms with Gasteiger partial charge in [-0.1, -0.05) is 12.1 Å². The third kappa shape index (κ3) is 3.26. The van der Waals surface area contributed by atoms with E-state index in [9.17, 15) is 14.0 Å². The molecule has 130 valence electrons. The quantitative estimate of drug-likeness (QED) is 0.889. The number of hydrogen-bond acceptors (Lipinski definition) is 3. The first-order valence-electron chi connectivity index (χ1n) is 8.49. The number of benzene rings is 1. The number of H-pyrrole nitrogens is 1. The second-order valence-corrected chi connectivity index (χ2v) is 6.62. The lowest BCUT2D eigenvalue weighted by molar-refractivity contribution is -0.133. The highest BCUT2D eigenvalue weighted by Gasteiger charge is 2.36. The Morgan fingerprint density at radius 2 is 2.04 bits per heavy atom. The summed E-state index contributed by atoms with van der Waals surface area (Å²) in [5.74, 6) is -0.242. The highest BCUT2D eigenvalue weighted by Crippen LogP contribution is 2.33. The van der Waals surface area contributed by atoms with E-state index in [0.29, 0.717) is 31.7 Å². The van der Waals surface area contributed by atoms with Crippen molar-refractivity contribution in [3.63, 3.8) is 0 Å². The van der Waals surface area contributed by atoms with Crippen molar-refractivity contribution in [2.75, 3.05) is 6.54 Å². The van der Waals surface area contributed by atoms with Crippen molar-refractivity contribution in [3.8, 4) is 0 Å². The fourth-order valence-electron chi connectivity index (χ4n) is 3.13. The number of fused-ring (bicyclic) bond motifs is 1. The molecule has 0 atom stereocenters. The average Bonchev–Trinajstić information content (AvgIpc) is 3.39. The van der Waals surface area contributed by atoms with Crippen molar-refractivity contribution < 1.29 is 14.0 Å². The first-order chi connectivity index (χ1) is 12.1. The highest BCUT2D eigenvalue weighted by atomic mass is 19.1. The van der Waals surface area contributed by atoms with E-state index in [1.54, 1.807) is 12.1 Å². The summed E-state index contributed by atoms with van der Waals surface area (Å²) in [6.45, 7) is 1.40. The smallest absolute Gasteiger partial charge is 0.272 e. The number of rotatable bonds is 4. The number of carbonyl (C=O) groups excluding carboxylic acids is 2. The van der Waals surface area contributed by atoms with Gasteiger partial charge in [0.05, 0.1) is 0 Å². The maximum atomic E-state index is 12.9. The van der Waals surface area contributed by atoms with Gasteiger partial charge in [0.25, 0.3) is 5.91 Å². The van der Waals surface area contributed by atoms with E-state index in [1.165, 1.54) is 12.1 Å². The Kier molecular flexibility index (Phi) is 3.99. The summed E-state index contributed by atoms with van der Waals surface area (Å²) < 4.78 is 12.9. The maximum Gasteiger partial charge on any atom is 0.272 e. The van der Waals surface area contributed by atoms with E-state index < -0.39 is 0 Å². The van der Waals surface area contributed by atoms with E-state index in [1.807, 2.05) is 4.90 Å². The number of carbonyl (C=O) groups is 2. The second kappa shape index (κ2) is 6.31. The number of aromatic nitrogens is 2. The SMILES string of the molecule is O=C(NCc1ccc(F)cc1)c1n[nH]c2c1CN(C(=O)C1CC1)CC2. The van der Waals surface area contributed by atoms with Crippen LogP contribution in [0.1, 0.15) is 40.2 Å². The molecule has 1 aromatic carbocycles. The van der Waals surface area contributed by atoms with Crippen LogP contribution < -0.4 is 5.32 Å². The number of aromatic amines is 1. The number of nitrogens with zero attached hydrogens (tertiary/aromatic N) is 2. The lowest BCUT2D eigenvalue weighted by atomic mass is 10.0. The number of amides is 2. The predicted molar refractivity (Wildman–Crippen MR) is 88.0 cm³/mol. The molecule has 2 amide bonds. The van der Waals surface area contributed by atoms with Gasteiger partial charge in [0.15, 0.2) is 5.69 Å². The van der Waals surface area contributed by atoms with E-state index in [4.69, 9.17) is 0 Å². The van der Waals surface area contributed by atoms with E-state index >= 15 is 0 Å². The lowest BCUT2D eigenvalue weighted by Gasteiger charge is -2.27. The van der Waals surface area contributed by atoms with Crippen molar-refractivity contribution in [1.29, 1.82) is 0 Å². The first kappa shape index (κ1) is 15.8. The van der Waals surface area contributed by atoms with Crippen LogP contribution in [0.15, 0.2) is 24.3 Å². The van der Waals surface area contributed by atoms with Gasteiger partial charge in [0, 0.05) is 43.2 Å². The molecule has 6 nitrogen and oxygen atoms in total. The summed E-state index contributed by atoms with van der Waals surface area (Å²) in [6.07, 6.45) is 2.63. The summed E-state index contributed by atoms with van der Waals surface area (Å²) >= 11 is 0. The monoisotopic (exact) mass is 342 g/mol. The Morgan fingerprint density at radius 1 is 1.28 bits per heavy atom. The first-order valence-corrected chi connectivity index (χ1v) is 8.49. The van der Waals surface area contributed by atoms with Crippen LogP contribution in [0.2, 0.25) is 0 Å². The normalized spacial score (nSPS) is 16.4. The molecule has 1 fully saturated rings. The van der Waals surface area contributed by atoms with Gasteiger partial charge in [-0.3, -0.25) is 14.7 Å². The van der Waals surface area contributed by atoms with Crippen molar-refractivity contribution in [2.45, 2.75) is 32.4 Å². The minimum absolute atomic E-state index is 0.171. The van der Waals surface area contributed by atoms with Crippen LogP contribution in [0.5, 0.6) is 0 Å². The fraction of sp³-hybridized carbons (Fsp3) is 0.389. The number of halogens is 1. The molecule has 1 aliphatic carbocycles. The van der Waals surface area contributed by atoms with Gasteiger partial charge in [-0.15, -0.1) is 0 Å².